The highest BCUT2D eigenvalue weighted by Crippen LogP contribution is 2.24. The summed E-state index contributed by atoms with van der Waals surface area (Å²) in [5.41, 5.74) is 2.79. The van der Waals surface area contributed by atoms with Gasteiger partial charge in [-0.3, -0.25) is 9.59 Å². The fraction of sp³-hybridized carbons (Fsp3) is 0.286. The molecule has 1 aliphatic heterocycles. The predicted molar refractivity (Wildman–Crippen MR) is 107 cm³/mol. The molecule has 1 N–H and O–H groups in total. The maximum atomic E-state index is 12.6. The Morgan fingerprint density at radius 2 is 1.96 bits per heavy atom. The van der Waals surface area contributed by atoms with Gasteiger partial charge in [0.1, 0.15) is 17.2 Å². The summed E-state index contributed by atoms with van der Waals surface area (Å²) in [6.45, 7) is 2.20. The highest BCUT2D eigenvalue weighted by molar-refractivity contribution is 6.40. The lowest BCUT2D eigenvalue weighted by atomic mass is 10.1. The molecule has 2 amide bonds. The summed E-state index contributed by atoms with van der Waals surface area (Å²) in [5, 5.41) is 8.45. The van der Waals surface area contributed by atoms with Crippen LogP contribution in [0.1, 0.15) is 24.0 Å². The zero-order chi connectivity index (χ0) is 20.1. The number of ether oxygens (including phenoxy) is 2. The summed E-state index contributed by atoms with van der Waals surface area (Å²) >= 11 is 0. The van der Waals surface area contributed by atoms with Gasteiger partial charge in [0.05, 0.1) is 19.9 Å². The van der Waals surface area contributed by atoms with E-state index >= 15 is 0 Å². The van der Waals surface area contributed by atoms with Crippen LogP contribution in [0.25, 0.3) is 0 Å². The molecule has 146 valence electrons. The van der Waals surface area contributed by atoms with Crippen LogP contribution in [0.15, 0.2) is 47.6 Å². The molecule has 0 aromatic heterocycles. The molecule has 0 aliphatic carbocycles. The van der Waals surface area contributed by atoms with Crippen molar-refractivity contribution in [2.45, 2.75) is 26.3 Å². The van der Waals surface area contributed by atoms with Gasteiger partial charge >= 0.3 is 0 Å². The van der Waals surface area contributed by atoms with Crippen molar-refractivity contribution >= 4 is 23.2 Å². The lowest BCUT2D eigenvalue weighted by molar-refractivity contribution is -0.119. The third-order valence-corrected chi connectivity index (χ3v) is 4.47. The van der Waals surface area contributed by atoms with Crippen molar-refractivity contribution in [3.63, 3.8) is 0 Å². The van der Waals surface area contributed by atoms with Crippen molar-refractivity contribution in [1.29, 1.82) is 0 Å². The molecular weight excluding hydrogens is 358 g/mol. The van der Waals surface area contributed by atoms with E-state index in [4.69, 9.17) is 9.47 Å². The quantitative estimate of drug-likeness (QED) is 0.834. The average Bonchev–Trinajstić information content (AvgIpc) is 2.72. The Morgan fingerprint density at radius 3 is 2.68 bits per heavy atom. The van der Waals surface area contributed by atoms with Gasteiger partial charge in [0.25, 0.3) is 5.91 Å². The molecule has 0 saturated heterocycles. The van der Waals surface area contributed by atoms with Crippen LogP contribution in [0.2, 0.25) is 0 Å². The number of nitrogens with zero attached hydrogens (tertiary/aromatic N) is 2. The third-order valence-electron chi connectivity index (χ3n) is 4.47. The lowest BCUT2D eigenvalue weighted by Crippen LogP contribution is -2.39. The van der Waals surface area contributed by atoms with Crippen LogP contribution in [0.5, 0.6) is 11.5 Å². The molecule has 0 radical (unpaired) electrons. The fourth-order valence-corrected chi connectivity index (χ4v) is 2.98. The van der Waals surface area contributed by atoms with E-state index in [1.54, 1.807) is 32.4 Å². The number of anilines is 1. The zero-order valence-corrected chi connectivity index (χ0v) is 16.2. The lowest BCUT2D eigenvalue weighted by Gasteiger charge is -2.23. The zero-order valence-electron chi connectivity index (χ0n) is 16.2. The first kappa shape index (κ1) is 19.4. The Kier molecular flexibility index (Phi) is 5.93. The smallest absolute Gasteiger partial charge is 0.267 e. The van der Waals surface area contributed by atoms with Crippen molar-refractivity contribution in [2.24, 2.45) is 5.10 Å². The monoisotopic (exact) mass is 381 g/mol. The highest BCUT2D eigenvalue weighted by atomic mass is 16.5. The van der Waals surface area contributed by atoms with E-state index in [-0.39, 0.29) is 24.8 Å². The van der Waals surface area contributed by atoms with E-state index in [1.165, 1.54) is 5.01 Å². The number of benzene rings is 2. The van der Waals surface area contributed by atoms with E-state index < -0.39 is 0 Å². The van der Waals surface area contributed by atoms with Crippen LogP contribution in [-0.2, 0) is 16.1 Å². The first-order chi connectivity index (χ1) is 13.5. The van der Waals surface area contributed by atoms with Gasteiger partial charge in [-0.05, 0) is 42.8 Å². The second kappa shape index (κ2) is 8.56. The molecule has 0 atom stereocenters. The Labute approximate surface area is 163 Å². The topological polar surface area (TPSA) is 80.2 Å². The van der Waals surface area contributed by atoms with Crippen molar-refractivity contribution < 1.29 is 19.1 Å². The van der Waals surface area contributed by atoms with Gasteiger partial charge in [-0.1, -0.05) is 12.1 Å². The Morgan fingerprint density at radius 1 is 1.14 bits per heavy atom. The van der Waals surface area contributed by atoms with Gasteiger partial charge in [-0.25, -0.2) is 5.01 Å². The summed E-state index contributed by atoms with van der Waals surface area (Å²) < 4.78 is 10.6. The summed E-state index contributed by atoms with van der Waals surface area (Å²) in [4.78, 5) is 24.9. The van der Waals surface area contributed by atoms with Crippen molar-refractivity contribution in [2.75, 3.05) is 19.2 Å². The average molecular weight is 381 g/mol. The molecule has 2 aromatic rings. The molecule has 7 heteroatoms. The second-order valence-corrected chi connectivity index (χ2v) is 6.45. The minimum absolute atomic E-state index is 0.128. The molecular formula is C21H23N3O4. The standard InChI is InChI=1S/C21H23N3O4/c1-14-5-4-6-16(11-14)24-20(25)10-8-18(23-24)21(26)22-13-15-12-17(27-2)7-9-19(15)28-3/h4-7,9,11-12H,8,10,13H2,1-3H3,(H,22,26). The van der Waals surface area contributed by atoms with Gasteiger partial charge in [-0.15, -0.1) is 0 Å². The maximum Gasteiger partial charge on any atom is 0.267 e. The molecule has 2 aromatic carbocycles. The van der Waals surface area contributed by atoms with Gasteiger partial charge in [0.15, 0.2) is 0 Å². The molecule has 28 heavy (non-hydrogen) atoms. The van der Waals surface area contributed by atoms with Crippen molar-refractivity contribution in [3.05, 3.63) is 53.6 Å². The first-order valence-electron chi connectivity index (χ1n) is 8.98. The van der Waals surface area contributed by atoms with E-state index in [2.05, 4.69) is 10.4 Å². The van der Waals surface area contributed by atoms with Crippen LogP contribution in [-0.4, -0.2) is 31.7 Å². The molecule has 0 spiro atoms. The minimum Gasteiger partial charge on any atom is -0.497 e. The number of hydrogen-bond acceptors (Lipinski definition) is 5. The maximum absolute atomic E-state index is 12.6. The molecule has 7 nitrogen and oxygen atoms in total. The molecule has 1 aliphatic rings. The number of carbonyl (C=O) groups excluding carboxylic acids is 2. The molecule has 1 heterocycles. The molecule has 0 unspecified atom stereocenters. The summed E-state index contributed by atoms with van der Waals surface area (Å²) in [7, 11) is 3.15. The van der Waals surface area contributed by atoms with Gasteiger partial charge in [-0.2, -0.15) is 5.10 Å². The van der Waals surface area contributed by atoms with Crippen molar-refractivity contribution in [1.82, 2.24) is 5.32 Å². The summed E-state index contributed by atoms with van der Waals surface area (Å²) in [5.74, 6) is 0.895. The van der Waals surface area contributed by atoms with E-state index in [0.717, 1.165) is 11.1 Å². The van der Waals surface area contributed by atoms with Gasteiger partial charge in [0, 0.05) is 24.9 Å². The van der Waals surface area contributed by atoms with E-state index in [9.17, 15) is 9.59 Å². The molecule has 0 bridgehead atoms. The predicted octanol–water partition coefficient (Wildman–Crippen LogP) is 2.81. The molecule has 3 rings (SSSR count). The van der Waals surface area contributed by atoms with Crippen LogP contribution < -0.4 is 19.8 Å². The number of methoxy groups -OCH3 is 2. The number of hydrazone groups is 1. The van der Waals surface area contributed by atoms with E-state index in [1.807, 2.05) is 31.2 Å². The first-order valence-corrected chi connectivity index (χ1v) is 8.98. The molecule has 0 saturated carbocycles. The summed E-state index contributed by atoms with van der Waals surface area (Å²) in [6.07, 6.45) is 0.547. The van der Waals surface area contributed by atoms with Gasteiger partial charge in [0.2, 0.25) is 5.91 Å². The Balaban J connectivity index is 1.75. The number of carbonyl (C=O) groups is 2. The van der Waals surface area contributed by atoms with Crippen molar-refractivity contribution in [3.8, 4) is 11.5 Å². The van der Waals surface area contributed by atoms with Crippen LogP contribution in [0.3, 0.4) is 0 Å². The number of hydrogen-bond donors (Lipinski definition) is 1. The van der Waals surface area contributed by atoms with Crippen LogP contribution >= 0.6 is 0 Å². The van der Waals surface area contributed by atoms with Crippen LogP contribution in [0, 0.1) is 6.92 Å². The number of amides is 2. The SMILES string of the molecule is COc1ccc(OC)c(CNC(=O)C2=NN(c3cccc(C)c3)C(=O)CC2)c1. The van der Waals surface area contributed by atoms with Crippen LogP contribution in [0.4, 0.5) is 5.69 Å². The number of rotatable bonds is 6. The second-order valence-electron chi connectivity index (χ2n) is 6.45. The third kappa shape index (κ3) is 4.31. The fourth-order valence-electron chi connectivity index (χ4n) is 2.98. The number of nitrogens with one attached hydrogen (secondary N) is 1. The Bertz CT molecular complexity index is 924. The largest absolute Gasteiger partial charge is 0.497 e. The van der Waals surface area contributed by atoms with E-state index in [0.29, 0.717) is 29.3 Å². The summed E-state index contributed by atoms with van der Waals surface area (Å²) in [6, 6.07) is 12.9. The minimum atomic E-state index is -0.310. The van der Waals surface area contributed by atoms with Gasteiger partial charge < -0.3 is 14.8 Å². The number of aryl methyl sites for hydroxylation is 1. The normalized spacial score (nSPS) is 13.8. The molecule has 0 fully saturated rings. The Hall–Kier alpha value is -3.35. The highest BCUT2D eigenvalue weighted by Gasteiger charge is 2.25.